The van der Waals surface area contributed by atoms with Gasteiger partial charge in [-0.1, -0.05) is 36.4 Å². The van der Waals surface area contributed by atoms with Crippen LogP contribution in [0.3, 0.4) is 0 Å². The normalized spacial score (nSPS) is 13.8. The number of rotatable bonds is 4. The van der Waals surface area contributed by atoms with Gasteiger partial charge in [0.1, 0.15) is 5.75 Å². The first-order chi connectivity index (χ1) is 11.5. The predicted molar refractivity (Wildman–Crippen MR) is 90.4 cm³/mol. The average molecular weight is 344 g/mol. The van der Waals surface area contributed by atoms with Crippen molar-refractivity contribution in [3.05, 3.63) is 70.1 Å². The van der Waals surface area contributed by atoms with Crippen molar-refractivity contribution in [2.75, 3.05) is 0 Å². The Morgan fingerprint density at radius 3 is 2.50 bits per heavy atom. The van der Waals surface area contributed by atoms with E-state index in [1.807, 2.05) is 24.3 Å². The van der Waals surface area contributed by atoms with E-state index in [4.69, 9.17) is 0 Å². The number of phenols is 1. The van der Waals surface area contributed by atoms with Crippen LogP contribution in [0.2, 0.25) is 0 Å². The summed E-state index contributed by atoms with van der Waals surface area (Å²) in [5.74, 6) is -0.950. The number of benzene rings is 2. The molecule has 3 rings (SSSR count). The van der Waals surface area contributed by atoms with Crippen LogP contribution in [0.4, 0.5) is 0 Å². The van der Waals surface area contributed by atoms with Crippen molar-refractivity contribution < 1.29 is 18.3 Å². The van der Waals surface area contributed by atoms with Crippen molar-refractivity contribution in [2.45, 2.75) is 12.8 Å². The molecule has 0 saturated carbocycles. The molecule has 0 aromatic heterocycles. The highest BCUT2D eigenvalue weighted by Gasteiger charge is 2.22. The highest BCUT2D eigenvalue weighted by atomic mass is 32.2. The van der Waals surface area contributed by atoms with Crippen LogP contribution in [-0.4, -0.2) is 19.4 Å². The molecule has 24 heavy (non-hydrogen) atoms. The number of amides is 1. The van der Waals surface area contributed by atoms with Crippen LogP contribution in [0.25, 0.3) is 6.08 Å². The molecule has 0 bridgehead atoms. The Morgan fingerprint density at radius 2 is 1.71 bits per heavy atom. The van der Waals surface area contributed by atoms with E-state index in [9.17, 15) is 18.3 Å². The molecule has 1 amide bonds. The van der Waals surface area contributed by atoms with Gasteiger partial charge < -0.3 is 5.11 Å². The monoisotopic (exact) mass is 344 g/mol. The highest BCUT2D eigenvalue weighted by molar-refractivity contribution is 7.93. The molecule has 7 heteroatoms. The average Bonchev–Trinajstić information content (AvgIpc) is 2.60. The Bertz CT molecular complexity index is 920. The first kappa shape index (κ1) is 16.2. The van der Waals surface area contributed by atoms with Gasteiger partial charge >= 0.3 is 0 Å². The van der Waals surface area contributed by atoms with Gasteiger partial charge in [-0.25, -0.2) is 8.42 Å². The van der Waals surface area contributed by atoms with Gasteiger partial charge in [-0.3, -0.25) is 10.2 Å². The molecule has 1 aliphatic carbocycles. The number of aromatic hydroxyl groups is 1. The number of sulfonamides is 1. The molecular weight excluding hydrogens is 328 g/mol. The fraction of sp³-hybridized carbons (Fsp3) is 0.118. The number of para-hydroxylation sites is 1. The van der Waals surface area contributed by atoms with Crippen molar-refractivity contribution in [2.24, 2.45) is 0 Å². The summed E-state index contributed by atoms with van der Waals surface area (Å²) in [6, 6.07) is 13.5. The van der Waals surface area contributed by atoms with Gasteiger partial charge in [0.15, 0.2) is 0 Å². The fourth-order valence-corrected chi connectivity index (χ4v) is 3.54. The molecule has 0 aliphatic heterocycles. The van der Waals surface area contributed by atoms with Gasteiger partial charge in [-0.2, -0.15) is 0 Å². The van der Waals surface area contributed by atoms with Gasteiger partial charge in [0.25, 0.3) is 15.9 Å². The van der Waals surface area contributed by atoms with Crippen LogP contribution in [0.15, 0.2) is 53.4 Å². The third-order valence-corrected chi connectivity index (χ3v) is 5.19. The third kappa shape index (κ3) is 3.32. The molecule has 6 nitrogen and oxygen atoms in total. The minimum absolute atomic E-state index is 0.0110. The van der Waals surface area contributed by atoms with Crippen LogP contribution in [0, 0.1) is 0 Å². The Kier molecular flexibility index (Phi) is 4.37. The van der Waals surface area contributed by atoms with E-state index in [0.29, 0.717) is 12.8 Å². The minimum atomic E-state index is -3.84. The second-order valence-electron chi connectivity index (χ2n) is 5.39. The van der Waals surface area contributed by atoms with Crippen molar-refractivity contribution >= 4 is 22.0 Å². The molecule has 3 N–H and O–H groups in total. The molecule has 2 aromatic carbocycles. The molecule has 124 valence electrons. The lowest BCUT2D eigenvalue weighted by Gasteiger charge is -2.17. The Balaban J connectivity index is 1.75. The van der Waals surface area contributed by atoms with E-state index in [1.54, 1.807) is 18.2 Å². The molecule has 0 fully saturated rings. The standard InChI is InChI=1S/C17H16N2O4S/c20-16-8-4-3-7-15(16)17(21)18-19-24(22,23)14-10-9-12-5-1-2-6-13(12)11-14/h1-8,11,19-20H,9-10H2,(H,18,21). The maximum atomic E-state index is 12.4. The number of phenolic OH excluding ortho intramolecular Hbond substituents is 1. The van der Waals surface area contributed by atoms with Gasteiger partial charge in [0.2, 0.25) is 0 Å². The lowest BCUT2D eigenvalue weighted by Crippen LogP contribution is -2.42. The molecule has 0 saturated heterocycles. The van der Waals surface area contributed by atoms with E-state index in [1.165, 1.54) is 12.1 Å². The van der Waals surface area contributed by atoms with Crippen LogP contribution in [0.5, 0.6) is 5.75 Å². The second-order valence-corrected chi connectivity index (χ2v) is 7.12. The second kappa shape index (κ2) is 6.46. The van der Waals surface area contributed by atoms with Crippen LogP contribution in [-0.2, 0) is 16.4 Å². The summed E-state index contributed by atoms with van der Waals surface area (Å²) < 4.78 is 24.7. The maximum absolute atomic E-state index is 12.4. The lowest BCUT2D eigenvalue weighted by molar-refractivity contribution is 0.0942. The quantitative estimate of drug-likeness (QED) is 0.739. The summed E-state index contributed by atoms with van der Waals surface area (Å²) in [6.07, 6.45) is 2.59. The molecule has 2 aromatic rings. The number of fused-ring (bicyclic) bond motifs is 1. The zero-order valence-electron chi connectivity index (χ0n) is 12.7. The number of hydrogen-bond donors (Lipinski definition) is 3. The maximum Gasteiger partial charge on any atom is 0.269 e. The van der Waals surface area contributed by atoms with E-state index >= 15 is 0 Å². The summed E-state index contributed by atoms with van der Waals surface area (Å²) >= 11 is 0. The number of nitrogens with one attached hydrogen (secondary N) is 2. The zero-order chi connectivity index (χ0) is 17.2. The number of carbonyl (C=O) groups excluding carboxylic acids is 1. The largest absolute Gasteiger partial charge is 0.507 e. The van der Waals surface area contributed by atoms with E-state index in [2.05, 4.69) is 10.3 Å². The van der Waals surface area contributed by atoms with Crippen LogP contribution in [0.1, 0.15) is 27.9 Å². The number of carbonyl (C=O) groups is 1. The number of aryl methyl sites for hydroxylation is 1. The molecule has 0 spiro atoms. The first-order valence-electron chi connectivity index (χ1n) is 7.36. The van der Waals surface area contributed by atoms with E-state index in [0.717, 1.165) is 11.1 Å². The Hall–Kier alpha value is -2.64. The molecule has 0 unspecified atom stereocenters. The van der Waals surface area contributed by atoms with Crippen molar-refractivity contribution in [3.8, 4) is 5.75 Å². The summed E-state index contributed by atoms with van der Waals surface area (Å²) in [5.41, 5.74) is 4.06. The van der Waals surface area contributed by atoms with E-state index in [-0.39, 0.29) is 16.2 Å². The summed E-state index contributed by atoms with van der Waals surface area (Å²) in [7, 11) is -3.84. The topological polar surface area (TPSA) is 95.5 Å². The van der Waals surface area contributed by atoms with Gasteiger partial charge in [-0.15, -0.1) is 4.83 Å². The van der Waals surface area contributed by atoms with Gasteiger partial charge in [0, 0.05) is 0 Å². The minimum Gasteiger partial charge on any atom is -0.507 e. The molecule has 0 heterocycles. The van der Waals surface area contributed by atoms with Gasteiger partial charge in [0.05, 0.1) is 10.5 Å². The predicted octanol–water partition coefficient (Wildman–Crippen LogP) is 1.94. The molecule has 0 radical (unpaired) electrons. The Morgan fingerprint density at radius 1 is 1.00 bits per heavy atom. The third-order valence-electron chi connectivity index (χ3n) is 3.81. The molecular formula is C17H16N2O4S. The summed E-state index contributed by atoms with van der Waals surface area (Å²) in [4.78, 5) is 14.3. The number of allylic oxidation sites excluding steroid dienone is 1. The van der Waals surface area contributed by atoms with Crippen molar-refractivity contribution in [1.82, 2.24) is 10.3 Å². The van der Waals surface area contributed by atoms with Crippen molar-refractivity contribution in [1.29, 1.82) is 0 Å². The number of hydrazine groups is 1. The smallest absolute Gasteiger partial charge is 0.269 e. The number of hydrogen-bond acceptors (Lipinski definition) is 4. The fourth-order valence-electron chi connectivity index (χ4n) is 2.53. The molecule has 0 atom stereocenters. The van der Waals surface area contributed by atoms with Gasteiger partial charge in [-0.05, 0) is 42.2 Å². The Labute approximate surface area is 139 Å². The van der Waals surface area contributed by atoms with Crippen LogP contribution < -0.4 is 10.3 Å². The zero-order valence-corrected chi connectivity index (χ0v) is 13.5. The summed E-state index contributed by atoms with van der Waals surface area (Å²) in [6.45, 7) is 0. The summed E-state index contributed by atoms with van der Waals surface area (Å²) in [5, 5.41) is 9.62. The SMILES string of the molecule is O=C(NNS(=O)(=O)C1=Cc2ccccc2CC1)c1ccccc1O. The van der Waals surface area contributed by atoms with Crippen molar-refractivity contribution in [3.63, 3.8) is 0 Å². The van der Waals surface area contributed by atoms with Crippen LogP contribution >= 0.6 is 0 Å². The lowest BCUT2D eigenvalue weighted by atomic mass is 9.98. The first-order valence-corrected chi connectivity index (χ1v) is 8.84. The van der Waals surface area contributed by atoms with E-state index < -0.39 is 15.9 Å². The molecule has 1 aliphatic rings. The highest BCUT2D eigenvalue weighted by Crippen LogP contribution is 2.26.